The molecule has 2 rings (SSSR count). The number of fused-ring (bicyclic) bond motifs is 1. The summed E-state index contributed by atoms with van der Waals surface area (Å²) in [4.78, 5) is 11.3. The van der Waals surface area contributed by atoms with Crippen molar-refractivity contribution in [2.45, 2.75) is 13.5 Å². The Morgan fingerprint density at radius 1 is 1.24 bits per heavy atom. The molecule has 4 heteroatoms. The Hall–Kier alpha value is -1.52. The molecule has 1 heterocycles. The van der Waals surface area contributed by atoms with E-state index < -0.39 is 0 Å². The molecule has 0 radical (unpaired) electrons. The fourth-order valence-corrected chi connectivity index (χ4v) is 1.83. The molecule has 2 aromatic rings. The summed E-state index contributed by atoms with van der Waals surface area (Å²) >= 11 is 0. The van der Waals surface area contributed by atoms with E-state index in [2.05, 4.69) is 21.8 Å². The van der Waals surface area contributed by atoms with Crippen LogP contribution >= 0.6 is 0 Å². The second-order valence-electron chi connectivity index (χ2n) is 4.01. The molecule has 1 aromatic heterocycles. The quantitative estimate of drug-likeness (QED) is 0.843. The summed E-state index contributed by atoms with van der Waals surface area (Å²) in [6.45, 7) is 5.49. The number of benzene rings is 1. The van der Waals surface area contributed by atoms with Gasteiger partial charge in [0.1, 0.15) is 0 Å². The summed E-state index contributed by atoms with van der Waals surface area (Å²) in [6, 6.07) is 7.93. The Labute approximate surface area is 101 Å². The van der Waals surface area contributed by atoms with Crippen molar-refractivity contribution in [3.8, 4) is 0 Å². The number of aromatic nitrogens is 2. The highest BCUT2D eigenvalue weighted by atomic mass is 15.1. The summed E-state index contributed by atoms with van der Waals surface area (Å²) in [5.74, 6) is 0. The van der Waals surface area contributed by atoms with Crippen molar-refractivity contribution in [1.29, 1.82) is 0 Å². The maximum Gasteiger partial charge on any atom is 0.0890 e. The number of hydrogen-bond donors (Lipinski definition) is 1. The van der Waals surface area contributed by atoms with E-state index in [1.54, 1.807) is 0 Å². The first-order chi connectivity index (χ1) is 8.33. The van der Waals surface area contributed by atoms with Crippen LogP contribution in [0.2, 0.25) is 0 Å². The summed E-state index contributed by atoms with van der Waals surface area (Å²) in [5.41, 5.74) is 8.47. The van der Waals surface area contributed by atoms with E-state index >= 15 is 0 Å². The fourth-order valence-electron chi connectivity index (χ4n) is 1.83. The van der Waals surface area contributed by atoms with Crippen LogP contribution < -0.4 is 5.73 Å². The average molecular weight is 230 g/mol. The molecule has 17 heavy (non-hydrogen) atoms. The topological polar surface area (TPSA) is 55.0 Å². The average Bonchev–Trinajstić information content (AvgIpc) is 2.38. The van der Waals surface area contributed by atoms with Gasteiger partial charge in [0.2, 0.25) is 0 Å². The molecule has 0 saturated carbocycles. The van der Waals surface area contributed by atoms with E-state index in [4.69, 9.17) is 5.73 Å². The lowest BCUT2D eigenvalue weighted by molar-refractivity contribution is 0.285. The minimum absolute atomic E-state index is 0.675. The zero-order chi connectivity index (χ0) is 12.1. The van der Waals surface area contributed by atoms with E-state index in [1.807, 2.05) is 30.5 Å². The van der Waals surface area contributed by atoms with Crippen LogP contribution in [0.5, 0.6) is 0 Å². The predicted molar refractivity (Wildman–Crippen MR) is 69.5 cm³/mol. The third kappa shape index (κ3) is 2.99. The Morgan fingerprint density at radius 3 is 2.71 bits per heavy atom. The molecule has 0 fully saturated rings. The smallest absolute Gasteiger partial charge is 0.0890 e. The highest BCUT2D eigenvalue weighted by Crippen LogP contribution is 2.09. The lowest BCUT2D eigenvalue weighted by atomic mass is 10.3. The van der Waals surface area contributed by atoms with Crippen LogP contribution in [0.4, 0.5) is 0 Å². The third-order valence-electron chi connectivity index (χ3n) is 2.78. The van der Waals surface area contributed by atoms with Gasteiger partial charge < -0.3 is 5.73 Å². The molecule has 0 saturated heterocycles. The summed E-state index contributed by atoms with van der Waals surface area (Å²) in [7, 11) is 0. The molecule has 1 aromatic carbocycles. The van der Waals surface area contributed by atoms with Gasteiger partial charge >= 0.3 is 0 Å². The Morgan fingerprint density at radius 2 is 2.00 bits per heavy atom. The van der Waals surface area contributed by atoms with Crippen molar-refractivity contribution >= 4 is 11.0 Å². The maximum absolute atomic E-state index is 5.57. The molecule has 4 nitrogen and oxygen atoms in total. The van der Waals surface area contributed by atoms with Gasteiger partial charge in [-0.15, -0.1) is 0 Å². The molecular formula is C13H18N4. The van der Waals surface area contributed by atoms with Gasteiger partial charge in [-0.3, -0.25) is 9.88 Å². The number of para-hydroxylation sites is 2. The molecule has 0 atom stereocenters. The van der Waals surface area contributed by atoms with Crippen LogP contribution in [-0.2, 0) is 6.54 Å². The van der Waals surface area contributed by atoms with Gasteiger partial charge in [-0.2, -0.15) is 0 Å². The molecule has 0 aliphatic carbocycles. The van der Waals surface area contributed by atoms with Gasteiger partial charge in [0.15, 0.2) is 0 Å². The highest BCUT2D eigenvalue weighted by molar-refractivity contribution is 5.73. The van der Waals surface area contributed by atoms with Crippen molar-refractivity contribution in [1.82, 2.24) is 14.9 Å². The van der Waals surface area contributed by atoms with E-state index in [0.29, 0.717) is 6.54 Å². The van der Waals surface area contributed by atoms with Gasteiger partial charge in [0.05, 0.1) is 22.9 Å². The van der Waals surface area contributed by atoms with E-state index in [0.717, 1.165) is 36.4 Å². The van der Waals surface area contributed by atoms with Gasteiger partial charge in [-0.05, 0) is 18.7 Å². The zero-order valence-corrected chi connectivity index (χ0v) is 10.1. The fraction of sp³-hybridized carbons (Fsp3) is 0.385. The van der Waals surface area contributed by atoms with E-state index in [9.17, 15) is 0 Å². The molecule has 0 amide bonds. The monoisotopic (exact) mass is 230 g/mol. The molecule has 0 spiro atoms. The summed E-state index contributed by atoms with van der Waals surface area (Å²) in [5, 5.41) is 0. The van der Waals surface area contributed by atoms with Gasteiger partial charge in [-0.25, -0.2) is 4.98 Å². The molecule has 0 aliphatic heterocycles. The van der Waals surface area contributed by atoms with Crippen LogP contribution in [0, 0.1) is 0 Å². The van der Waals surface area contributed by atoms with Crippen LogP contribution in [0.3, 0.4) is 0 Å². The number of nitrogens with zero attached hydrogens (tertiary/aromatic N) is 3. The Bertz CT molecular complexity index is 484. The first-order valence-electron chi connectivity index (χ1n) is 5.96. The molecule has 0 aliphatic rings. The normalized spacial score (nSPS) is 11.2. The lowest BCUT2D eigenvalue weighted by Gasteiger charge is -2.18. The number of rotatable bonds is 5. The van der Waals surface area contributed by atoms with Crippen LogP contribution in [0.1, 0.15) is 12.6 Å². The number of likely N-dealkylation sites (N-methyl/N-ethyl adjacent to an activating group) is 1. The number of nitrogens with two attached hydrogens (primary N) is 1. The van der Waals surface area contributed by atoms with Gasteiger partial charge in [0.25, 0.3) is 0 Å². The van der Waals surface area contributed by atoms with Crippen LogP contribution in [0.15, 0.2) is 30.5 Å². The van der Waals surface area contributed by atoms with Crippen LogP contribution in [-0.4, -0.2) is 34.5 Å². The number of hydrogen-bond acceptors (Lipinski definition) is 4. The molecule has 0 unspecified atom stereocenters. The van der Waals surface area contributed by atoms with Crippen molar-refractivity contribution in [2.24, 2.45) is 5.73 Å². The second-order valence-corrected chi connectivity index (χ2v) is 4.01. The van der Waals surface area contributed by atoms with Crippen LogP contribution in [0.25, 0.3) is 11.0 Å². The SMILES string of the molecule is CCN(CCN)Cc1cnc2ccccc2n1. The first kappa shape index (κ1) is 12.0. The maximum atomic E-state index is 5.57. The molecule has 90 valence electrons. The predicted octanol–water partition coefficient (Wildman–Crippen LogP) is 1.41. The van der Waals surface area contributed by atoms with Gasteiger partial charge in [-0.1, -0.05) is 19.1 Å². The van der Waals surface area contributed by atoms with Crippen molar-refractivity contribution in [2.75, 3.05) is 19.6 Å². The second kappa shape index (κ2) is 5.70. The highest BCUT2D eigenvalue weighted by Gasteiger charge is 2.05. The van der Waals surface area contributed by atoms with Crippen molar-refractivity contribution in [3.63, 3.8) is 0 Å². The minimum Gasteiger partial charge on any atom is -0.329 e. The molecule has 2 N–H and O–H groups in total. The summed E-state index contributed by atoms with van der Waals surface area (Å²) in [6.07, 6.45) is 1.85. The van der Waals surface area contributed by atoms with Crippen molar-refractivity contribution < 1.29 is 0 Å². The van der Waals surface area contributed by atoms with Crippen molar-refractivity contribution in [3.05, 3.63) is 36.2 Å². The first-order valence-corrected chi connectivity index (χ1v) is 5.96. The third-order valence-corrected chi connectivity index (χ3v) is 2.78. The van der Waals surface area contributed by atoms with E-state index in [1.165, 1.54) is 0 Å². The minimum atomic E-state index is 0.675. The zero-order valence-electron chi connectivity index (χ0n) is 10.1. The Kier molecular flexibility index (Phi) is 4.01. The molecular weight excluding hydrogens is 212 g/mol. The standard InChI is InChI=1S/C13H18N4/c1-2-17(8-7-14)10-11-9-15-12-5-3-4-6-13(12)16-11/h3-6,9H,2,7-8,10,14H2,1H3. The largest absolute Gasteiger partial charge is 0.329 e. The van der Waals surface area contributed by atoms with Gasteiger partial charge in [0, 0.05) is 19.6 Å². The molecule has 0 bridgehead atoms. The Balaban J connectivity index is 2.18. The summed E-state index contributed by atoms with van der Waals surface area (Å²) < 4.78 is 0. The lowest BCUT2D eigenvalue weighted by Crippen LogP contribution is -2.29. The van der Waals surface area contributed by atoms with E-state index in [-0.39, 0.29) is 0 Å².